The maximum Gasteiger partial charge on any atom is 0.311 e. The van der Waals surface area contributed by atoms with Crippen LogP contribution in [0.1, 0.15) is 33.1 Å². The molecule has 2 N–H and O–H groups in total. The number of nitrogens with one attached hydrogen (secondary N) is 2. The van der Waals surface area contributed by atoms with Crippen molar-refractivity contribution in [2.75, 3.05) is 26.2 Å². The number of amides is 2. The fraction of sp³-hybridized carbons (Fsp3) is 0.833. The number of unbranched alkanes of at least 4 members (excludes halogenated alkanes) is 1. The van der Waals surface area contributed by atoms with Crippen molar-refractivity contribution in [1.29, 1.82) is 0 Å². The number of carbonyl (C=O) groups excluding carboxylic acids is 2. The van der Waals surface area contributed by atoms with Crippen LogP contribution in [0.25, 0.3) is 0 Å². The Morgan fingerprint density at radius 2 is 2.00 bits per heavy atom. The maximum atomic E-state index is 11.8. The fourth-order valence-corrected chi connectivity index (χ4v) is 1.88. The summed E-state index contributed by atoms with van der Waals surface area (Å²) in [6, 6.07) is 0.0781. The van der Waals surface area contributed by atoms with Crippen molar-refractivity contribution in [1.82, 2.24) is 15.5 Å². The van der Waals surface area contributed by atoms with Crippen LogP contribution in [0.2, 0.25) is 0 Å². The molecule has 0 bridgehead atoms. The van der Waals surface area contributed by atoms with Gasteiger partial charge in [0.25, 0.3) is 0 Å². The summed E-state index contributed by atoms with van der Waals surface area (Å²) in [6.07, 6.45) is 3.10. The topological polar surface area (TPSA) is 61.4 Å². The van der Waals surface area contributed by atoms with E-state index in [0.29, 0.717) is 13.1 Å². The molecule has 1 rings (SSSR count). The second-order valence-electron chi connectivity index (χ2n) is 4.56. The van der Waals surface area contributed by atoms with Gasteiger partial charge in [0.05, 0.1) is 0 Å². The lowest BCUT2D eigenvalue weighted by molar-refractivity contribution is -0.146. The van der Waals surface area contributed by atoms with Crippen molar-refractivity contribution in [2.24, 2.45) is 0 Å². The minimum atomic E-state index is -0.462. The highest BCUT2D eigenvalue weighted by molar-refractivity contribution is 6.35. The van der Waals surface area contributed by atoms with E-state index >= 15 is 0 Å². The Balaban J connectivity index is 2.32. The van der Waals surface area contributed by atoms with Crippen LogP contribution in [0, 0.1) is 0 Å². The zero-order valence-electron chi connectivity index (χ0n) is 10.8. The number of hydrogen-bond acceptors (Lipinski definition) is 3. The summed E-state index contributed by atoms with van der Waals surface area (Å²) in [6.45, 7) is 6.83. The normalized spacial score (nSPS) is 17.6. The van der Waals surface area contributed by atoms with Crippen LogP contribution in [0.15, 0.2) is 0 Å². The van der Waals surface area contributed by atoms with Gasteiger partial charge in [-0.05, 0) is 13.3 Å². The van der Waals surface area contributed by atoms with E-state index in [1.807, 2.05) is 6.92 Å². The Kier molecular flexibility index (Phi) is 5.97. The molecule has 0 radical (unpaired) electrons. The van der Waals surface area contributed by atoms with Crippen molar-refractivity contribution < 1.29 is 9.59 Å². The molecule has 0 aromatic carbocycles. The Bertz CT molecular complexity index is 262. The molecule has 2 amide bonds. The molecule has 5 heteroatoms. The molecule has 1 heterocycles. The van der Waals surface area contributed by atoms with Gasteiger partial charge in [-0.1, -0.05) is 19.8 Å². The van der Waals surface area contributed by atoms with Gasteiger partial charge in [0.2, 0.25) is 0 Å². The molecule has 1 saturated heterocycles. The molecular weight excluding hydrogens is 218 g/mol. The van der Waals surface area contributed by atoms with Crippen LogP contribution in [0.4, 0.5) is 0 Å². The van der Waals surface area contributed by atoms with Gasteiger partial charge in [-0.2, -0.15) is 0 Å². The van der Waals surface area contributed by atoms with E-state index in [9.17, 15) is 9.59 Å². The molecule has 1 aliphatic rings. The van der Waals surface area contributed by atoms with E-state index in [2.05, 4.69) is 17.6 Å². The van der Waals surface area contributed by atoms with Gasteiger partial charge >= 0.3 is 11.8 Å². The Hall–Kier alpha value is -1.10. The zero-order valence-corrected chi connectivity index (χ0v) is 10.8. The summed E-state index contributed by atoms with van der Waals surface area (Å²) in [5.74, 6) is -0.856. The fourth-order valence-electron chi connectivity index (χ4n) is 1.88. The predicted octanol–water partition coefficient (Wildman–Crippen LogP) is 0.113. The summed E-state index contributed by atoms with van der Waals surface area (Å²) in [7, 11) is 0. The third-order valence-corrected chi connectivity index (χ3v) is 2.97. The van der Waals surface area contributed by atoms with Gasteiger partial charge in [-0.15, -0.1) is 0 Å². The number of piperazine rings is 1. The van der Waals surface area contributed by atoms with Gasteiger partial charge in [0.1, 0.15) is 0 Å². The van der Waals surface area contributed by atoms with E-state index in [0.717, 1.165) is 32.4 Å². The minimum Gasteiger partial charge on any atom is -0.345 e. The van der Waals surface area contributed by atoms with Crippen LogP contribution >= 0.6 is 0 Å². The van der Waals surface area contributed by atoms with E-state index in [-0.39, 0.29) is 6.04 Å². The SMILES string of the molecule is CCCCC(C)NC(=O)C(=O)N1CCNCC1. The number of hydrogen-bond donors (Lipinski definition) is 2. The van der Waals surface area contributed by atoms with Gasteiger partial charge in [0.15, 0.2) is 0 Å². The monoisotopic (exact) mass is 241 g/mol. The number of carbonyl (C=O) groups is 2. The summed E-state index contributed by atoms with van der Waals surface area (Å²) < 4.78 is 0. The number of nitrogens with zero attached hydrogens (tertiary/aromatic N) is 1. The molecule has 0 saturated carbocycles. The van der Waals surface area contributed by atoms with Crippen LogP contribution in [-0.4, -0.2) is 48.9 Å². The largest absolute Gasteiger partial charge is 0.345 e. The molecule has 1 aliphatic heterocycles. The van der Waals surface area contributed by atoms with Crippen molar-refractivity contribution >= 4 is 11.8 Å². The Morgan fingerprint density at radius 3 is 2.59 bits per heavy atom. The highest BCUT2D eigenvalue weighted by atomic mass is 16.2. The van der Waals surface area contributed by atoms with E-state index in [4.69, 9.17) is 0 Å². The van der Waals surface area contributed by atoms with Crippen molar-refractivity contribution in [2.45, 2.75) is 39.2 Å². The summed E-state index contributed by atoms with van der Waals surface area (Å²) in [4.78, 5) is 25.1. The van der Waals surface area contributed by atoms with Crippen molar-refractivity contribution in [3.05, 3.63) is 0 Å². The summed E-state index contributed by atoms with van der Waals surface area (Å²) >= 11 is 0. The van der Waals surface area contributed by atoms with E-state index < -0.39 is 11.8 Å². The van der Waals surface area contributed by atoms with E-state index in [1.165, 1.54) is 0 Å². The molecule has 1 unspecified atom stereocenters. The van der Waals surface area contributed by atoms with Crippen LogP contribution < -0.4 is 10.6 Å². The highest BCUT2D eigenvalue weighted by Crippen LogP contribution is 2.00. The molecule has 5 nitrogen and oxygen atoms in total. The second-order valence-corrected chi connectivity index (χ2v) is 4.56. The molecule has 1 atom stereocenters. The molecular formula is C12H23N3O2. The van der Waals surface area contributed by atoms with E-state index in [1.54, 1.807) is 4.90 Å². The molecule has 17 heavy (non-hydrogen) atoms. The van der Waals surface area contributed by atoms with Gasteiger partial charge < -0.3 is 15.5 Å². The van der Waals surface area contributed by atoms with Crippen LogP contribution in [0.3, 0.4) is 0 Å². The maximum absolute atomic E-state index is 11.8. The van der Waals surface area contributed by atoms with Gasteiger partial charge in [-0.3, -0.25) is 9.59 Å². The first-order valence-electron chi connectivity index (χ1n) is 6.45. The second kappa shape index (κ2) is 7.27. The minimum absolute atomic E-state index is 0.0781. The Labute approximate surface area is 103 Å². The van der Waals surface area contributed by atoms with Gasteiger partial charge in [0, 0.05) is 32.2 Å². The lowest BCUT2D eigenvalue weighted by Crippen LogP contribution is -2.52. The lowest BCUT2D eigenvalue weighted by atomic mass is 10.1. The van der Waals surface area contributed by atoms with Gasteiger partial charge in [-0.25, -0.2) is 0 Å². The first-order valence-corrected chi connectivity index (χ1v) is 6.45. The first kappa shape index (κ1) is 14.0. The Morgan fingerprint density at radius 1 is 1.35 bits per heavy atom. The molecule has 0 aliphatic carbocycles. The predicted molar refractivity (Wildman–Crippen MR) is 66.6 cm³/mol. The van der Waals surface area contributed by atoms with Crippen LogP contribution in [0.5, 0.6) is 0 Å². The molecule has 0 spiro atoms. The van der Waals surface area contributed by atoms with Crippen molar-refractivity contribution in [3.63, 3.8) is 0 Å². The average Bonchev–Trinajstić information content (AvgIpc) is 2.36. The lowest BCUT2D eigenvalue weighted by Gasteiger charge is -2.27. The average molecular weight is 241 g/mol. The molecule has 1 fully saturated rings. The standard InChI is InChI=1S/C12H23N3O2/c1-3-4-5-10(2)14-11(16)12(17)15-8-6-13-7-9-15/h10,13H,3-9H2,1-2H3,(H,14,16). The molecule has 0 aromatic rings. The zero-order chi connectivity index (χ0) is 12.7. The molecule has 0 aromatic heterocycles. The summed E-state index contributed by atoms with van der Waals surface area (Å²) in [5.41, 5.74) is 0. The van der Waals surface area contributed by atoms with Crippen LogP contribution in [-0.2, 0) is 9.59 Å². The smallest absolute Gasteiger partial charge is 0.311 e. The quantitative estimate of drug-likeness (QED) is 0.687. The summed E-state index contributed by atoms with van der Waals surface area (Å²) in [5, 5.41) is 5.91. The third kappa shape index (κ3) is 4.73. The number of rotatable bonds is 4. The van der Waals surface area contributed by atoms with Crippen molar-refractivity contribution in [3.8, 4) is 0 Å². The third-order valence-electron chi connectivity index (χ3n) is 2.97. The first-order chi connectivity index (χ1) is 8.15. The highest BCUT2D eigenvalue weighted by Gasteiger charge is 2.23. The molecule has 98 valence electrons.